The molecule has 4 nitrogen and oxygen atoms in total. The van der Waals surface area contributed by atoms with Gasteiger partial charge in [-0.15, -0.1) is 0 Å². The van der Waals surface area contributed by atoms with Gasteiger partial charge in [0.1, 0.15) is 5.69 Å². The second-order valence-corrected chi connectivity index (χ2v) is 5.03. The van der Waals surface area contributed by atoms with Crippen LogP contribution in [0.3, 0.4) is 0 Å². The summed E-state index contributed by atoms with van der Waals surface area (Å²) in [4.78, 5) is 16.1. The number of hydrogen-bond donors (Lipinski definition) is 2. The van der Waals surface area contributed by atoms with Crippen molar-refractivity contribution in [1.82, 2.24) is 10.3 Å². The molecule has 3 N–H and O–H groups in total. The van der Waals surface area contributed by atoms with Crippen molar-refractivity contribution in [3.63, 3.8) is 0 Å². The van der Waals surface area contributed by atoms with E-state index in [-0.39, 0.29) is 5.91 Å². The average molecular weight is 257 g/mol. The minimum absolute atomic E-state index is 0.0996. The van der Waals surface area contributed by atoms with E-state index in [1.165, 1.54) is 6.42 Å². The summed E-state index contributed by atoms with van der Waals surface area (Å²) in [6.45, 7) is 2.54. The van der Waals surface area contributed by atoms with Crippen molar-refractivity contribution in [2.45, 2.75) is 32.2 Å². The van der Waals surface area contributed by atoms with Gasteiger partial charge in [0, 0.05) is 17.8 Å². The van der Waals surface area contributed by atoms with Gasteiger partial charge in [0.05, 0.1) is 6.54 Å². The standard InChI is InChI=1S/C15H19N3O/c1-11-4-6-13(9-11)18-15(19)14-7-5-12(10-17-14)3-2-8-16/h5,7,10-11,13H,4,6,8-9,16H2,1H3,(H,18,19). The molecule has 1 aromatic rings. The second kappa shape index (κ2) is 6.35. The molecule has 4 heteroatoms. The maximum absolute atomic E-state index is 12.0. The number of nitrogens with zero attached hydrogens (tertiary/aromatic N) is 1. The van der Waals surface area contributed by atoms with Crippen LogP contribution in [0.4, 0.5) is 0 Å². The van der Waals surface area contributed by atoms with Gasteiger partial charge < -0.3 is 11.1 Å². The van der Waals surface area contributed by atoms with E-state index in [2.05, 4.69) is 29.1 Å². The largest absolute Gasteiger partial charge is 0.348 e. The summed E-state index contributed by atoms with van der Waals surface area (Å²) in [5.41, 5.74) is 6.52. The third-order valence-electron chi connectivity index (χ3n) is 3.36. The molecular formula is C15H19N3O. The lowest BCUT2D eigenvalue weighted by atomic mass is 10.1. The van der Waals surface area contributed by atoms with Gasteiger partial charge >= 0.3 is 0 Å². The van der Waals surface area contributed by atoms with E-state index in [0.717, 1.165) is 18.4 Å². The Kier molecular flexibility index (Phi) is 4.53. The zero-order chi connectivity index (χ0) is 13.7. The maximum Gasteiger partial charge on any atom is 0.270 e. The molecule has 100 valence electrons. The average Bonchev–Trinajstić information content (AvgIpc) is 2.82. The number of nitrogens with one attached hydrogen (secondary N) is 1. The number of amides is 1. The molecule has 1 saturated carbocycles. The molecule has 1 heterocycles. The lowest BCUT2D eigenvalue weighted by Crippen LogP contribution is -2.33. The van der Waals surface area contributed by atoms with Crippen molar-refractivity contribution in [3.8, 4) is 11.8 Å². The van der Waals surface area contributed by atoms with Crippen molar-refractivity contribution >= 4 is 5.91 Å². The lowest BCUT2D eigenvalue weighted by Gasteiger charge is -2.11. The smallest absolute Gasteiger partial charge is 0.270 e. The molecule has 1 amide bonds. The molecule has 1 fully saturated rings. The fourth-order valence-corrected chi connectivity index (χ4v) is 2.35. The van der Waals surface area contributed by atoms with Crippen LogP contribution in [0, 0.1) is 17.8 Å². The SMILES string of the molecule is CC1CCC(NC(=O)c2ccc(C#CCN)cn2)C1. The fourth-order valence-electron chi connectivity index (χ4n) is 2.35. The van der Waals surface area contributed by atoms with E-state index >= 15 is 0 Å². The first kappa shape index (κ1) is 13.6. The van der Waals surface area contributed by atoms with Crippen molar-refractivity contribution in [2.24, 2.45) is 11.7 Å². The molecule has 0 aliphatic heterocycles. The zero-order valence-electron chi connectivity index (χ0n) is 11.1. The molecule has 0 aromatic carbocycles. The molecule has 19 heavy (non-hydrogen) atoms. The van der Waals surface area contributed by atoms with Crippen LogP contribution < -0.4 is 11.1 Å². The van der Waals surface area contributed by atoms with Gasteiger partial charge in [-0.2, -0.15) is 0 Å². The molecule has 1 aliphatic carbocycles. The van der Waals surface area contributed by atoms with E-state index in [4.69, 9.17) is 5.73 Å². The summed E-state index contributed by atoms with van der Waals surface area (Å²) in [5.74, 6) is 6.24. The van der Waals surface area contributed by atoms with E-state index in [0.29, 0.717) is 24.2 Å². The van der Waals surface area contributed by atoms with E-state index in [9.17, 15) is 4.79 Å². The van der Waals surface area contributed by atoms with Crippen molar-refractivity contribution in [1.29, 1.82) is 0 Å². The van der Waals surface area contributed by atoms with Crippen LogP contribution >= 0.6 is 0 Å². The van der Waals surface area contributed by atoms with E-state index in [1.54, 1.807) is 18.3 Å². The Labute approximate surface area is 113 Å². The minimum atomic E-state index is -0.0996. The number of carbonyl (C=O) groups is 1. The number of carbonyl (C=O) groups excluding carboxylic acids is 1. The quantitative estimate of drug-likeness (QED) is 0.785. The van der Waals surface area contributed by atoms with Crippen LogP contribution in [0.1, 0.15) is 42.2 Å². The summed E-state index contributed by atoms with van der Waals surface area (Å²) in [5, 5.41) is 3.03. The van der Waals surface area contributed by atoms with Gasteiger partial charge in [0.15, 0.2) is 0 Å². The molecule has 0 bridgehead atoms. The summed E-state index contributed by atoms with van der Waals surface area (Å²) >= 11 is 0. The summed E-state index contributed by atoms with van der Waals surface area (Å²) < 4.78 is 0. The second-order valence-electron chi connectivity index (χ2n) is 5.03. The van der Waals surface area contributed by atoms with E-state index < -0.39 is 0 Å². The van der Waals surface area contributed by atoms with E-state index in [1.807, 2.05) is 0 Å². The Balaban J connectivity index is 1.95. The molecule has 1 aromatic heterocycles. The molecule has 2 atom stereocenters. The highest BCUT2D eigenvalue weighted by Gasteiger charge is 2.23. The Morgan fingerprint density at radius 3 is 2.95 bits per heavy atom. The van der Waals surface area contributed by atoms with Gasteiger partial charge in [-0.05, 0) is 37.3 Å². The number of nitrogens with two attached hydrogens (primary N) is 1. The Morgan fingerprint density at radius 2 is 2.37 bits per heavy atom. The van der Waals surface area contributed by atoms with Crippen LogP contribution in [0.15, 0.2) is 18.3 Å². The van der Waals surface area contributed by atoms with Gasteiger partial charge in [0.25, 0.3) is 5.91 Å². The van der Waals surface area contributed by atoms with Crippen LogP contribution in [-0.2, 0) is 0 Å². The molecule has 0 spiro atoms. The van der Waals surface area contributed by atoms with Gasteiger partial charge in [-0.1, -0.05) is 18.8 Å². The van der Waals surface area contributed by atoms with Crippen molar-refractivity contribution in [3.05, 3.63) is 29.6 Å². The van der Waals surface area contributed by atoms with Gasteiger partial charge in [-0.25, -0.2) is 4.98 Å². The lowest BCUT2D eigenvalue weighted by molar-refractivity contribution is 0.0932. The fraction of sp³-hybridized carbons (Fsp3) is 0.467. The number of pyridine rings is 1. The predicted octanol–water partition coefficient (Wildman–Crippen LogP) is 1.31. The summed E-state index contributed by atoms with van der Waals surface area (Å²) in [6.07, 6.45) is 4.92. The predicted molar refractivity (Wildman–Crippen MR) is 74.4 cm³/mol. The van der Waals surface area contributed by atoms with Crippen LogP contribution in [-0.4, -0.2) is 23.5 Å². The van der Waals surface area contributed by atoms with Gasteiger partial charge in [-0.3, -0.25) is 4.79 Å². The molecule has 2 unspecified atom stereocenters. The molecule has 2 rings (SSSR count). The molecule has 0 radical (unpaired) electrons. The first-order valence-electron chi connectivity index (χ1n) is 6.65. The van der Waals surface area contributed by atoms with Crippen LogP contribution in [0.2, 0.25) is 0 Å². The van der Waals surface area contributed by atoms with Crippen LogP contribution in [0.25, 0.3) is 0 Å². The number of aromatic nitrogens is 1. The Morgan fingerprint density at radius 1 is 1.53 bits per heavy atom. The summed E-state index contributed by atoms with van der Waals surface area (Å²) in [6, 6.07) is 3.79. The Bertz CT molecular complexity index is 498. The highest BCUT2D eigenvalue weighted by atomic mass is 16.1. The van der Waals surface area contributed by atoms with Crippen LogP contribution in [0.5, 0.6) is 0 Å². The van der Waals surface area contributed by atoms with Crippen molar-refractivity contribution in [2.75, 3.05) is 6.54 Å². The number of hydrogen-bond acceptors (Lipinski definition) is 3. The highest BCUT2D eigenvalue weighted by molar-refractivity contribution is 5.92. The van der Waals surface area contributed by atoms with Gasteiger partial charge in [0.2, 0.25) is 0 Å². The minimum Gasteiger partial charge on any atom is -0.348 e. The normalized spacial score (nSPS) is 21.6. The third-order valence-corrected chi connectivity index (χ3v) is 3.36. The molecule has 1 aliphatic rings. The topological polar surface area (TPSA) is 68.0 Å². The first-order valence-corrected chi connectivity index (χ1v) is 6.65. The zero-order valence-corrected chi connectivity index (χ0v) is 11.1. The highest BCUT2D eigenvalue weighted by Crippen LogP contribution is 2.24. The summed E-state index contributed by atoms with van der Waals surface area (Å²) in [7, 11) is 0. The number of rotatable bonds is 2. The monoisotopic (exact) mass is 257 g/mol. The molecule has 0 saturated heterocycles. The maximum atomic E-state index is 12.0. The third kappa shape index (κ3) is 3.80. The first-order chi connectivity index (χ1) is 9.19. The Hall–Kier alpha value is -1.86. The molecular weight excluding hydrogens is 238 g/mol. The van der Waals surface area contributed by atoms with Crippen molar-refractivity contribution < 1.29 is 4.79 Å².